The highest BCUT2D eigenvalue weighted by Gasteiger charge is 2.21. The molecule has 0 fully saturated rings. The minimum Gasteiger partial charge on any atom is -0.335 e. The van der Waals surface area contributed by atoms with Gasteiger partial charge in [0.15, 0.2) is 0 Å². The summed E-state index contributed by atoms with van der Waals surface area (Å²) in [7, 11) is 0. The Morgan fingerprint density at radius 1 is 1.12 bits per heavy atom. The summed E-state index contributed by atoms with van der Waals surface area (Å²) in [5.74, 6) is -0.374. The number of amides is 1. The third kappa shape index (κ3) is 3.84. The molecule has 1 heterocycles. The fourth-order valence-corrected chi connectivity index (χ4v) is 2.62. The zero-order valence-corrected chi connectivity index (χ0v) is 13.6. The number of hydrogen-bond acceptors (Lipinski definition) is 4. The van der Waals surface area contributed by atoms with Gasteiger partial charge < -0.3 is 10.4 Å². The van der Waals surface area contributed by atoms with E-state index < -0.39 is 5.92 Å². The molecule has 6 heteroatoms. The second kappa shape index (κ2) is 7.04. The van der Waals surface area contributed by atoms with Crippen molar-refractivity contribution in [3.8, 4) is 0 Å². The Bertz CT molecular complexity index is 829. The molecule has 1 N–H and O–H groups in total. The Hall–Kier alpha value is -3.02. The van der Waals surface area contributed by atoms with E-state index >= 15 is 0 Å². The molecule has 0 spiro atoms. The molecule has 6 nitrogen and oxygen atoms in total. The molecule has 0 aliphatic carbocycles. The molecular formula is C18H18N5O-. The Balaban J connectivity index is 1.83. The summed E-state index contributed by atoms with van der Waals surface area (Å²) in [6, 6.07) is 15.7. The minimum absolute atomic E-state index is 0.170. The molecule has 1 atom stereocenters. The van der Waals surface area contributed by atoms with E-state index in [0.717, 1.165) is 22.4 Å². The molecule has 24 heavy (non-hydrogen) atoms. The molecule has 0 saturated carbocycles. The molecule has 2 aromatic carbocycles. The van der Waals surface area contributed by atoms with Crippen LogP contribution in [0, 0.1) is 13.8 Å². The van der Waals surface area contributed by atoms with Gasteiger partial charge in [-0.15, -0.1) is 0 Å². The average Bonchev–Trinajstić information content (AvgIpc) is 3.06. The first-order chi connectivity index (χ1) is 11.6. The minimum atomic E-state index is -0.540. The Morgan fingerprint density at radius 3 is 2.54 bits per heavy atom. The van der Waals surface area contributed by atoms with E-state index in [-0.39, 0.29) is 5.91 Å². The molecule has 0 saturated heterocycles. The third-order valence-corrected chi connectivity index (χ3v) is 3.77. The molecule has 3 aromatic rings. The van der Waals surface area contributed by atoms with Crippen LogP contribution in [0.15, 0.2) is 48.5 Å². The van der Waals surface area contributed by atoms with Crippen LogP contribution in [0.4, 0.5) is 5.69 Å². The van der Waals surface area contributed by atoms with Gasteiger partial charge in [0.25, 0.3) is 0 Å². The number of carbonyl (C=O) groups excluding carboxylic acids is 1. The van der Waals surface area contributed by atoms with Crippen molar-refractivity contribution in [3.63, 3.8) is 0 Å². The lowest BCUT2D eigenvalue weighted by Crippen LogP contribution is -2.24. The lowest BCUT2D eigenvalue weighted by Gasteiger charge is -2.17. The summed E-state index contributed by atoms with van der Waals surface area (Å²) in [4.78, 5) is 12.8. The smallest absolute Gasteiger partial charge is 0.232 e. The van der Waals surface area contributed by atoms with Gasteiger partial charge >= 0.3 is 0 Å². The Morgan fingerprint density at radius 2 is 1.88 bits per heavy atom. The number of carbonyl (C=O) groups is 1. The van der Waals surface area contributed by atoms with Crippen LogP contribution in [-0.2, 0) is 11.2 Å². The van der Waals surface area contributed by atoms with Gasteiger partial charge in [-0.3, -0.25) is 15.1 Å². The number of aryl methyl sites for hydroxylation is 2. The third-order valence-electron chi connectivity index (χ3n) is 3.77. The molecular weight excluding hydrogens is 302 g/mol. The number of rotatable bonds is 5. The van der Waals surface area contributed by atoms with Crippen LogP contribution in [0.1, 0.15) is 28.4 Å². The number of hydrogen-bond donors (Lipinski definition) is 1. The molecule has 0 unspecified atom stereocenters. The van der Waals surface area contributed by atoms with Crippen LogP contribution in [0.5, 0.6) is 0 Å². The number of nitrogens with zero attached hydrogens (tertiary/aromatic N) is 4. The van der Waals surface area contributed by atoms with E-state index in [1.54, 1.807) is 0 Å². The van der Waals surface area contributed by atoms with Crippen LogP contribution in [0.2, 0.25) is 0 Å². The van der Waals surface area contributed by atoms with Gasteiger partial charge in [0.1, 0.15) is 0 Å². The van der Waals surface area contributed by atoms with Gasteiger partial charge in [-0.2, -0.15) is 5.21 Å². The van der Waals surface area contributed by atoms with Crippen LogP contribution < -0.4 is 10.4 Å². The lowest BCUT2D eigenvalue weighted by atomic mass is 9.96. The number of aromatic nitrogens is 4. The van der Waals surface area contributed by atoms with Crippen molar-refractivity contribution in [1.29, 1.82) is 0 Å². The quantitative estimate of drug-likeness (QED) is 0.780. The number of tetrazole rings is 1. The number of nitrogens with one attached hydrogen (secondary N) is 1. The van der Waals surface area contributed by atoms with E-state index in [1.807, 2.05) is 56.3 Å². The molecule has 0 radical (unpaired) electrons. The van der Waals surface area contributed by atoms with E-state index in [2.05, 4.69) is 32.0 Å². The number of benzene rings is 2. The summed E-state index contributed by atoms with van der Waals surface area (Å²) in [5, 5.41) is 17.7. The van der Waals surface area contributed by atoms with Crippen molar-refractivity contribution in [2.75, 3.05) is 5.32 Å². The van der Waals surface area contributed by atoms with Gasteiger partial charge in [0.05, 0.1) is 5.92 Å². The monoisotopic (exact) mass is 320 g/mol. The van der Waals surface area contributed by atoms with Gasteiger partial charge in [0.2, 0.25) is 5.91 Å². The molecule has 3 rings (SSSR count). The summed E-state index contributed by atoms with van der Waals surface area (Å²) in [5.41, 5.74) is 4.02. The van der Waals surface area contributed by atoms with Crippen LogP contribution in [-0.4, -0.2) is 21.4 Å². The SMILES string of the molecule is Cc1cccc(C[C@@H](C(=O)Nc2cccc(C)c2)c2nnn[n-]2)c1. The van der Waals surface area contributed by atoms with E-state index in [1.165, 1.54) is 0 Å². The maximum atomic E-state index is 12.8. The predicted octanol–water partition coefficient (Wildman–Crippen LogP) is 2.41. The molecule has 0 bridgehead atoms. The van der Waals surface area contributed by atoms with Gasteiger partial charge in [-0.05, 0) is 43.5 Å². The van der Waals surface area contributed by atoms with Crippen LogP contribution >= 0.6 is 0 Å². The summed E-state index contributed by atoms with van der Waals surface area (Å²) < 4.78 is 0. The zero-order chi connectivity index (χ0) is 16.9. The summed E-state index contributed by atoms with van der Waals surface area (Å²) in [6.07, 6.45) is 0.493. The largest absolute Gasteiger partial charge is 0.335 e. The van der Waals surface area contributed by atoms with Crippen molar-refractivity contribution in [2.45, 2.75) is 26.2 Å². The van der Waals surface area contributed by atoms with Gasteiger partial charge in [-0.1, -0.05) is 42.0 Å². The average molecular weight is 320 g/mol. The van der Waals surface area contributed by atoms with Crippen molar-refractivity contribution >= 4 is 11.6 Å². The summed E-state index contributed by atoms with van der Waals surface area (Å²) >= 11 is 0. The normalized spacial score (nSPS) is 11.9. The first-order valence-electron chi connectivity index (χ1n) is 7.73. The highest BCUT2D eigenvalue weighted by atomic mass is 16.1. The second-order valence-corrected chi connectivity index (χ2v) is 5.84. The van der Waals surface area contributed by atoms with Crippen LogP contribution in [0.25, 0.3) is 0 Å². The Labute approximate surface area is 140 Å². The highest BCUT2D eigenvalue weighted by molar-refractivity contribution is 5.95. The second-order valence-electron chi connectivity index (χ2n) is 5.84. The first kappa shape index (κ1) is 15.9. The maximum absolute atomic E-state index is 12.8. The fraction of sp³-hybridized carbons (Fsp3) is 0.222. The van der Waals surface area contributed by atoms with Crippen molar-refractivity contribution < 1.29 is 4.79 Å². The van der Waals surface area contributed by atoms with E-state index in [4.69, 9.17) is 0 Å². The van der Waals surface area contributed by atoms with Crippen LogP contribution in [0.3, 0.4) is 0 Å². The molecule has 1 aromatic heterocycles. The fourth-order valence-electron chi connectivity index (χ4n) is 2.62. The van der Waals surface area contributed by atoms with Gasteiger partial charge in [0, 0.05) is 11.5 Å². The Kier molecular flexibility index (Phi) is 4.65. The maximum Gasteiger partial charge on any atom is 0.232 e. The topological polar surface area (TPSA) is 81.9 Å². The molecule has 1 amide bonds. The van der Waals surface area contributed by atoms with E-state index in [0.29, 0.717) is 12.2 Å². The molecule has 122 valence electrons. The van der Waals surface area contributed by atoms with Gasteiger partial charge in [-0.25, -0.2) is 0 Å². The molecule has 0 aliphatic heterocycles. The van der Waals surface area contributed by atoms with Crippen molar-refractivity contribution in [3.05, 3.63) is 71.0 Å². The van der Waals surface area contributed by atoms with Crippen molar-refractivity contribution in [1.82, 2.24) is 20.6 Å². The van der Waals surface area contributed by atoms with Crippen molar-refractivity contribution in [2.24, 2.45) is 0 Å². The number of anilines is 1. The zero-order valence-electron chi connectivity index (χ0n) is 13.6. The first-order valence-corrected chi connectivity index (χ1v) is 7.73. The van der Waals surface area contributed by atoms with E-state index in [9.17, 15) is 4.79 Å². The predicted molar refractivity (Wildman–Crippen MR) is 90.6 cm³/mol. The molecule has 0 aliphatic rings. The lowest BCUT2D eigenvalue weighted by molar-refractivity contribution is -0.117. The highest BCUT2D eigenvalue weighted by Crippen LogP contribution is 2.20. The summed E-state index contributed by atoms with van der Waals surface area (Å²) in [6.45, 7) is 4.00. The standard InChI is InChI=1S/C18H19N5O/c1-12-5-3-7-14(9-12)11-16(17-20-22-23-21-17)18(24)19-15-8-4-6-13(2)10-15/h3-10,16H,11H2,1-2H3,(H2,19,20,21,22,23,24)/p-1/t16-/m1/s1.